The quantitative estimate of drug-likeness (QED) is 0.920. The zero-order valence-electron chi connectivity index (χ0n) is 10.4. The van der Waals surface area contributed by atoms with Crippen molar-refractivity contribution in [3.8, 4) is 5.69 Å². The third-order valence-electron chi connectivity index (χ3n) is 3.50. The normalized spacial score (nSPS) is 15.9. The van der Waals surface area contributed by atoms with E-state index in [1.165, 1.54) is 18.9 Å². The van der Waals surface area contributed by atoms with E-state index >= 15 is 0 Å². The van der Waals surface area contributed by atoms with Crippen LogP contribution in [0.2, 0.25) is 5.02 Å². The van der Waals surface area contributed by atoms with Crippen LogP contribution in [0, 0.1) is 5.82 Å². The monoisotopic (exact) mass is 279 g/mol. The minimum atomic E-state index is -0.308. The smallest absolute Gasteiger partial charge is 0.207 e. The predicted molar refractivity (Wildman–Crippen MR) is 74.4 cm³/mol. The number of hydrogen-bond acceptors (Lipinski definition) is 2. The van der Waals surface area contributed by atoms with Crippen LogP contribution in [0.25, 0.3) is 5.69 Å². The largest absolute Gasteiger partial charge is 0.353 e. The molecule has 0 bridgehead atoms. The summed E-state index contributed by atoms with van der Waals surface area (Å²) in [6.45, 7) is 0. The van der Waals surface area contributed by atoms with Gasteiger partial charge in [0.05, 0.1) is 5.69 Å². The summed E-state index contributed by atoms with van der Waals surface area (Å²) in [7, 11) is 0. The first-order valence-electron chi connectivity index (χ1n) is 6.49. The van der Waals surface area contributed by atoms with Crippen molar-refractivity contribution in [3.63, 3.8) is 0 Å². The number of nitrogens with one attached hydrogen (secondary N) is 1. The van der Waals surface area contributed by atoms with E-state index in [-0.39, 0.29) is 5.82 Å². The van der Waals surface area contributed by atoms with Gasteiger partial charge in [-0.1, -0.05) is 24.4 Å². The minimum Gasteiger partial charge on any atom is -0.353 e. The SMILES string of the molecule is Fc1ccc(Cl)cc1-n1ccnc1NC1CCCC1. The summed E-state index contributed by atoms with van der Waals surface area (Å²) in [6, 6.07) is 4.96. The molecule has 0 spiro atoms. The van der Waals surface area contributed by atoms with Crippen LogP contribution in [0.1, 0.15) is 25.7 Å². The van der Waals surface area contributed by atoms with Gasteiger partial charge in [0, 0.05) is 23.5 Å². The summed E-state index contributed by atoms with van der Waals surface area (Å²) in [5.41, 5.74) is 0.422. The van der Waals surface area contributed by atoms with Crippen molar-refractivity contribution < 1.29 is 4.39 Å². The van der Waals surface area contributed by atoms with E-state index in [0.717, 1.165) is 12.8 Å². The second kappa shape index (κ2) is 5.21. The van der Waals surface area contributed by atoms with Crippen LogP contribution >= 0.6 is 11.6 Å². The number of hydrogen-bond donors (Lipinski definition) is 1. The van der Waals surface area contributed by atoms with Gasteiger partial charge in [0.25, 0.3) is 0 Å². The molecule has 1 aliphatic rings. The lowest BCUT2D eigenvalue weighted by molar-refractivity contribution is 0.617. The molecule has 1 saturated carbocycles. The Kier molecular flexibility index (Phi) is 3.42. The lowest BCUT2D eigenvalue weighted by Crippen LogP contribution is -2.17. The van der Waals surface area contributed by atoms with Crippen molar-refractivity contribution in [2.45, 2.75) is 31.7 Å². The number of imidazole rings is 1. The first kappa shape index (κ1) is 12.5. The third-order valence-corrected chi connectivity index (χ3v) is 3.73. The number of anilines is 1. The van der Waals surface area contributed by atoms with Gasteiger partial charge in [-0.2, -0.15) is 0 Å². The zero-order chi connectivity index (χ0) is 13.2. The molecule has 2 aromatic rings. The van der Waals surface area contributed by atoms with E-state index in [0.29, 0.717) is 22.7 Å². The van der Waals surface area contributed by atoms with Crippen molar-refractivity contribution in [1.82, 2.24) is 9.55 Å². The van der Waals surface area contributed by atoms with Gasteiger partial charge >= 0.3 is 0 Å². The molecule has 3 nitrogen and oxygen atoms in total. The van der Waals surface area contributed by atoms with Gasteiger partial charge in [-0.25, -0.2) is 9.37 Å². The maximum Gasteiger partial charge on any atom is 0.207 e. The summed E-state index contributed by atoms with van der Waals surface area (Å²) < 4.78 is 15.6. The number of benzene rings is 1. The van der Waals surface area contributed by atoms with Crippen LogP contribution in [-0.2, 0) is 0 Å². The Bertz CT molecular complexity index is 576. The van der Waals surface area contributed by atoms with Crippen molar-refractivity contribution >= 4 is 17.5 Å². The van der Waals surface area contributed by atoms with Crippen molar-refractivity contribution in [2.24, 2.45) is 0 Å². The molecular weight excluding hydrogens is 265 g/mol. The lowest BCUT2D eigenvalue weighted by atomic mass is 10.2. The van der Waals surface area contributed by atoms with E-state index in [1.54, 1.807) is 29.1 Å². The molecule has 1 fully saturated rings. The number of aromatic nitrogens is 2. The molecule has 19 heavy (non-hydrogen) atoms. The van der Waals surface area contributed by atoms with E-state index in [2.05, 4.69) is 10.3 Å². The Morgan fingerprint density at radius 1 is 1.32 bits per heavy atom. The first-order chi connectivity index (χ1) is 9.24. The third kappa shape index (κ3) is 2.59. The zero-order valence-corrected chi connectivity index (χ0v) is 11.2. The number of rotatable bonds is 3. The molecule has 1 N–H and O–H groups in total. The predicted octanol–water partition coefficient (Wildman–Crippen LogP) is 4.02. The van der Waals surface area contributed by atoms with Crippen molar-refractivity contribution in [3.05, 3.63) is 41.4 Å². The Balaban J connectivity index is 1.92. The molecule has 5 heteroatoms. The van der Waals surface area contributed by atoms with E-state index < -0.39 is 0 Å². The second-order valence-corrected chi connectivity index (χ2v) is 5.28. The summed E-state index contributed by atoms with van der Waals surface area (Å²) in [4.78, 5) is 4.27. The standard InChI is InChI=1S/C14H15ClFN3/c15-10-5-6-12(16)13(9-10)19-8-7-17-14(19)18-11-3-1-2-4-11/h5-9,11H,1-4H2,(H,17,18). The number of halogens is 2. The minimum absolute atomic E-state index is 0.308. The van der Waals surface area contributed by atoms with E-state index in [1.807, 2.05) is 0 Å². The first-order valence-corrected chi connectivity index (χ1v) is 6.87. The lowest BCUT2D eigenvalue weighted by Gasteiger charge is -2.15. The van der Waals surface area contributed by atoms with Gasteiger partial charge < -0.3 is 5.32 Å². The highest BCUT2D eigenvalue weighted by molar-refractivity contribution is 6.30. The van der Waals surface area contributed by atoms with Gasteiger partial charge in [-0.05, 0) is 31.0 Å². The van der Waals surface area contributed by atoms with Gasteiger partial charge in [0.15, 0.2) is 0 Å². The average molecular weight is 280 g/mol. The topological polar surface area (TPSA) is 29.9 Å². The Hall–Kier alpha value is -1.55. The summed E-state index contributed by atoms with van der Waals surface area (Å²) >= 11 is 5.94. The van der Waals surface area contributed by atoms with Gasteiger partial charge in [0.1, 0.15) is 5.82 Å². The Morgan fingerprint density at radius 3 is 2.89 bits per heavy atom. The van der Waals surface area contributed by atoms with Gasteiger partial charge in [-0.3, -0.25) is 4.57 Å². The maximum absolute atomic E-state index is 13.9. The number of nitrogens with zero attached hydrogens (tertiary/aromatic N) is 2. The molecule has 1 aliphatic carbocycles. The summed E-state index contributed by atoms with van der Waals surface area (Å²) in [6.07, 6.45) is 8.17. The van der Waals surface area contributed by atoms with Crippen LogP contribution in [0.4, 0.5) is 10.3 Å². The molecule has 1 aromatic carbocycles. The Labute approximate surface area is 116 Å². The highest BCUT2D eigenvalue weighted by Crippen LogP contribution is 2.25. The highest BCUT2D eigenvalue weighted by Gasteiger charge is 2.17. The van der Waals surface area contributed by atoms with Gasteiger partial charge in [-0.15, -0.1) is 0 Å². The summed E-state index contributed by atoms with van der Waals surface area (Å²) in [5, 5.41) is 3.89. The molecule has 1 aromatic heterocycles. The molecule has 1 heterocycles. The van der Waals surface area contributed by atoms with Crippen LogP contribution in [0.5, 0.6) is 0 Å². The molecule has 0 unspecified atom stereocenters. The average Bonchev–Trinajstić information content (AvgIpc) is 3.04. The molecule has 0 aliphatic heterocycles. The van der Waals surface area contributed by atoms with Crippen molar-refractivity contribution in [1.29, 1.82) is 0 Å². The second-order valence-electron chi connectivity index (χ2n) is 4.84. The van der Waals surface area contributed by atoms with E-state index in [9.17, 15) is 4.39 Å². The summed E-state index contributed by atoms with van der Waals surface area (Å²) in [5.74, 6) is 0.366. The molecule has 3 rings (SSSR count). The highest BCUT2D eigenvalue weighted by atomic mass is 35.5. The van der Waals surface area contributed by atoms with Crippen molar-refractivity contribution in [2.75, 3.05) is 5.32 Å². The van der Waals surface area contributed by atoms with E-state index in [4.69, 9.17) is 11.6 Å². The van der Waals surface area contributed by atoms with Crippen LogP contribution < -0.4 is 5.32 Å². The molecule has 0 radical (unpaired) electrons. The fourth-order valence-corrected chi connectivity index (χ4v) is 2.69. The fourth-order valence-electron chi connectivity index (χ4n) is 2.53. The molecule has 0 saturated heterocycles. The molecule has 0 amide bonds. The molecule has 0 atom stereocenters. The van der Waals surface area contributed by atoms with Gasteiger partial charge in [0.2, 0.25) is 5.95 Å². The van der Waals surface area contributed by atoms with Crippen LogP contribution in [-0.4, -0.2) is 15.6 Å². The van der Waals surface area contributed by atoms with Crippen LogP contribution in [0.15, 0.2) is 30.6 Å². The molecule has 100 valence electrons. The fraction of sp³-hybridized carbons (Fsp3) is 0.357. The van der Waals surface area contributed by atoms with Crippen LogP contribution in [0.3, 0.4) is 0 Å². The Morgan fingerprint density at radius 2 is 2.11 bits per heavy atom. The maximum atomic E-state index is 13.9. The molecular formula is C14H15ClFN3.